The molecule has 2 fully saturated rings. The number of amides is 2. The van der Waals surface area contributed by atoms with Crippen LogP contribution < -0.4 is 5.73 Å². The van der Waals surface area contributed by atoms with Gasteiger partial charge in [0.05, 0.1) is 6.04 Å². The summed E-state index contributed by atoms with van der Waals surface area (Å²) < 4.78 is 5.39. The van der Waals surface area contributed by atoms with Gasteiger partial charge in [0.1, 0.15) is 0 Å². The molecule has 104 valence electrons. The molecule has 5 heteroatoms. The minimum atomic E-state index is -0.332. The zero-order valence-electron chi connectivity index (χ0n) is 11.7. The van der Waals surface area contributed by atoms with Crippen LogP contribution >= 0.6 is 0 Å². The number of carbonyl (C=O) groups excluding carboxylic acids is 1. The smallest absolute Gasteiger partial charge is 0.320 e. The van der Waals surface area contributed by atoms with Crippen molar-refractivity contribution < 1.29 is 9.53 Å². The first-order chi connectivity index (χ1) is 8.38. The third kappa shape index (κ3) is 2.95. The minimum absolute atomic E-state index is 0.116. The van der Waals surface area contributed by atoms with E-state index in [4.69, 9.17) is 10.5 Å². The van der Waals surface area contributed by atoms with Gasteiger partial charge in [0.25, 0.3) is 0 Å². The van der Waals surface area contributed by atoms with Gasteiger partial charge in [-0.15, -0.1) is 0 Å². The van der Waals surface area contributed by atoms with E-state index in [0.717, 1.165) is 32.6 Å². The first kappa shape index (κ1) is 13.6. The summed E-state index contributed by atoms with van der Waals surface area (Å²) in [6.45, 7) is 7.00. The van der Waals surface area contributed by atoms with Gasteiger partial charge >= 0.3 is 6.03 Å². The monoisotopic (exact) mass is 255 g/mol. The quantitative estimate of drug-likeness (QED) is 0.814. The van der Waals surface area contributed by atoms with Crippen molar-refractivity contribution >= 4 is 6.03 Å². The molecule has 2 amide bonds. The van der Waals surface area contributed by atoms with E-state index in [1.54, 1.807) is 0 Å². The van der Waals surface area contributed by atoms with Crippen LogP contribution in [0.3, 0.4) is 0 Å². The second-order valence-electron chi connectivity index (χ2n) is 6.28. The third-order valence-corrected chi connectivity index (χ3v) is 3.89. The molecule has 5 nitrogen and oxygen atoms in total. The van der Waals surface area contributed by atoms with E-state index in [2.05, 4.69) is 0 Å². The van der Waals surface area contributed by atoms with Crippen molar-refractivity contribution in [1.29, 1.82) is 0 Å². The lowest BCUT2D eigenvalue weighted by Gasteiger charge is -2.30. The fourth-order valence-electron chi connectivity index (χ4n) is 2.98. The third-order valence-electron chi connectivity index (χ3n) is 3.89. The summed E-state index contributed by atoms with van der Waals surface area (Å²) in [4.78, 5) is 16.0. The number of hydrogen-bond acceptors (Lipinski definition) is 3. The Labute approximate surface area is 109 Å². The second kappa shape index (κ2) is 5.05. The number of hydrogen-bond donors (Lipinski definition) is 1. The number of ether oxygens (including phenoxy) is 1. The molecule has 0 radical (unpaired) electrons. The van der Waals surface area contributed by atoms with Crippen LogP contribution in [-0.2, 0) is 4.74 Å². The highest BCUT2D eigenvalue weighted by Crippen LogP contribution is 2.28. The fourth-order valence-corrected chi connectivity index (χ4v) is 2.98. The minimum Gasteiger partial charge on any atom is -0.381 e. The predicted octanol–water partition coefficient (Wildman–Crippen LogP) is 0.886. The lowest BCUT2D eigenvalue weighted by Crippen LogP contribution is -2.46. The average molecular weight is 255 g/mol. The van der Waals surface area contributed by atoms with Crippen molar-refractivity contribution in [3.63, 3.8) is 0 Å². The van der Waals surface area contributed by atoms with Crippen molar-refractivity contribution in [2.45, 2.75) is 38.3 Å². The molecule has 0 aromatic heterocycles. The normalized spacial score (nSPS) is 27.1. The standard InChI is InChI=1S/C13H25N3O2/c1-13(2,14)9-16-8-11(15(3)12(16)17)10-4-6-18-7-5-10/h10-11H,4-9,14H2,1-3H3. The maximum atomic E-state index is 12.2. The molecule has 0 aliphatic carbocycles. The van der Waals surface area contributed by atoms with Crippen LogP contribution in [-0.4, -0.2) is 60.8 Å². The van der Waals surface area contributed by atoms with Crippen LogP contribution in [0.4, 0.5) is 4.79 Å². The van der Waals surface area contributed by atoms with Crippen LogP contribution in [0.2, 0.25) is 0 Å². The maximum absolute atomic E-state index is 12.2. The van der Waals surface area contributed by atoms with Crippen LogP contribution in [0.25, 0.3) is 0 Å². The molecule has 2 aliphatic rings. The van der Waals surface area contributed by atoms with E-state index in [1.165, 1.54) is 0 Å². The van der Waals surface area contributed by atoms with Gasteiger partial charge in [-0.2, -0.15) is 0 Å². The van der Waals surface area contributed by atoms with E-state index >= 15 is 0 Å². The van der Waals surface area contributed by atoms with Gasteiger partial charge in [-0.25, -0.2) is 4.79 Å². The summed E-state index contributed by atoms with van der Waals surface area (Å²) in [5, 5.41) is 0. The predicted molar refractivity (Wildman–Crippen MR) is 70.3 cm³/mol. The van der Waals surface area contributed by atoms with Crippen molar-refractivity contribution in [2.24, 2.45) is 11.7 Å². The lowest BCUT2D eigenvalue weighted by atomic mass is 9.91. The molecule has 1 unspecified atom stereocenters. The maximum Gasteiger partial charge on any atom is 0.320 e. The van der Waals surface area contributed by atoms with Crippen LogP contribution in [0.15, 0.2) is 0 Å². The molecule has 2 aliphatic heterocycles. The van der Waals surface area contributed by atoms with Gasteiger partial charge in [0.15, 0.2) is 0 Å². The molecule has 1 atom stereocenters. The molecule has 18 heavy (non-hydrogen) atoms. The van der Waals surface area contributed by atoms with E-state index in [0.29, 0.717) is 18.5 Å². The van der Waals surface area contributed by atoms with E-state index < -0.39 is 0 Å². The summed E-state index contributed by atoms with van der Waals surface area (Å²) in [7, 11) is 1.91. The molecular weight excluding hydrogens is 230 g/mol. The molecule has 0 bridgehead atoms. The zero-order chi connectivity index (χ0) is 13.3. The molecule has 0 spiro atoms. The Bertz CT molecular complexity index is 308. The van der Waals surface area contributed by atoms with Gasteiger partial charge in [-0.05, 0) is 32.6 Å². The molecule has 2 rings (SSSR count). The van der Waals surface area contributed by atoms with Gasteiger partial charge < -0.3 is 20.3 Å². The highest BCUT2D eigenvalue weighted by molar-refractivity contribution is 5.77. The van der Waals surface area contributed by atoms with E-state index in [-0.39, 0.29) is 11.6 Å². The van der Waals surface area contributed by atoms with Crippen molar-refractivity contribution in [2.75, 3.05) is 33.4 Å². The molecule has 0 aromatic rings. The molecule has 2 heterocycles. The van der Waals surface area contributed by atoms with Gasteiger partial charge in [-0.1, -0.05) is 0 Å². The molecule has 2 saturated heterocycles. The lowest BCUT2D eigenvalue weighted by molar-refractivity contribution is 0.0451. The number of urea groups is 1. The van der Waals surface area contributed by atoms with E-state index in [9.17, 15) is 4.79 Å². The number of nitrogens with two attached hydrogens (primary N) is 1. The Morgan fingerprint density at radius 3 is 2.56 bits per heavy atom. The topological polar surface area (TPSA) is 58.8 Å². The molecule has 0 saturated carbocycles. The summed E-state index contributed by atoms with van der Waals surface area (Å²) in [6.07, 6.45) is 2.12. The summed E-state index contributed by atoms with van der Waals surface area (Å²) >= 11 is 0. The Morgan fingerprint density at radius 1 is 1.39 bits per heavy atom. The number of likely N-dealkylation sites (N-methyl/N-ethyl adjacent to an activating group) is 1. The highest BCUT2D eigenvalue weighted by Gasteiger charge is 2.40. The van der Waals surface area contributed by atoms with Gasteiger partial charge in [0.2, 0.25) is 0 Å². The van der Waals surface area contributed by atoms with Crippen LogP contribution in [0, 0.1) is 5.92 Å². The summed E-state index contributed by atoms with van der Waals surface area (Å²) in [5.41, 5.74) is 5.68. The first-order valence-electron chi connectivity index (χ1n) is 6.77. The number of nitrogens with zero attached hydrogens (tertiary/aromatic N) is 2. The molecular formula is C13H25N3O2. The molecule has 2 N–H and O–H groups in total. The zero-order valence-corrected chi connectivity index (χ0v) is 11.7. The first-order valence-corrected chi connectivity index (χ1v) is 6.77. The van der Waals surface area contributed by atoms with Crippen LogP contribution in [0.1, 0.15) is 26.7 Å². The van der Waals surface area contributed by atoms with E-state index in [1.807, 2.05) is 30.7 Å². The Morgan fingerprint density at radius 2 is 2.00 bits per heavy atom. The second-order valence-corrected chi connectivity index (χ2v) is 6.28. The summed E-state index contributed by atoms with van der Waals surface area (Å²) in [5.74, 6) is 0.568. The Kier molecular flexibility index (Phi) is 3.82. The summed E-state index contributed by atoms with van der Waals surface area (Å²) in [6, 6.07) is 0.439. The fraction of sp³-hybridized carbons (Fsp3) is 0.923. The van der Waals surface area contributed by atoms with Gasteiger partial charge in [-0.3, -0.25) is 0 Å². The van der Waals surface area contributed by atoms with Crippen molar-refractivity contribution in [3.8, 4) is 0 Å². The highest BCUT2D eigenvalue weighted by atomic mass is 16.5. The van der Waals surface area contributed by atoms with Crippen LogP contribution in [0.5, 0.6) is 0 Å². The largest absolute Gasteiger partial charge is 0.381 e. The van der Waals surface area contributed by atoms with Gasteiger partial charge in [0, 0.05) is 38.9 Å². The van der Waals surface area contributed by atoms with Crippen molar-refractivity contribution in [3.05, 3.63) is 0 Å². The SMILES string of the molecule is CN1C(=O)N(CC(C)(C)N)CC1C1CCOCC1. The average Bonchev–Trinajstić information content (AvgIpc) is 2.57. The molecule has 0 aromatic carbocycles. The Hall–Kier alpha value is -0.810. The number of carbonyl (C=O) groups is 1. The Balaban J connectivity index is 2.00. The number of rotatable bonds is 3. The van der Waals surface area contributed by atoms with Crippen molar-refractivity contribution in [1.82, 2.24) is 9.80 Å².